The molecule has 0 saturated carbocycles. The van der Waals surface area contributed by atoms with Gasteiger partial charge in [0.1, 0.15) is 0 Å². The van der Waals surface area contributed by atoms with Crippen LogP contribution in [-0.4, -0.2) is 0 Å². The highest BCUT2D eigenvalue weighted by atomic mass is 14.3. The van der Waals surface area contributed by atoms with Gasteiger partial charge in [-0.25, -0.2) is 0 Å². The molecule has 0 aromatic heterocycles. The minimum atomic E-state index is 1.23. The highest BCUT2D eigenvalue weighted by Crippen LogP contribution is 2.44. The average Bonchev–Trinajstić information content (AvgIpc) is 2.93. The van der Waals surface area contributed by atoms with Crippen molar-refractivity contribution in [1.82, 2.24) is 0 Å². The van der Waals surface area contributed by atoms with Crippen molar-refractivity contribution in [1.29, 1.82) is 0 Å². The normalized spacial score (nSPS) is 11.4. The molecule has 0 heteroatoms. The first-order valence-electron chi connectivity index (χ1n) is 12.1. The van der Waals surface area contributed by atoms with E-state index in [0.717, 1.165) is 0 Å². The molecule has 35 heavy (non-hydrogen) atoms. The number of hydrogen-bond acceptors (Lipinski definition) is 0. The fourth-order valence-corrected chi connectivity index (χ4v) is 5.58. The summed E-state index contributed by atoms with van der Waals surface area (Å²) in [5, 5.41) is 10.2. The van der Waals surface area contributed by atoms with Gasteiger partial charge in [0.15, 0.2) is 0 Å². The number of hydrogen-bond donors (Lipinski definition) is 0. The van der Waals surface area contributed by atoms with Crippen molar-refractivity contribution < 1.29 is 0 Å². The topological polar surface area (TPSA) is 0 Å². The lowest BCUT2D eigenvalue weighted by molar-refractivity contribution is 1.29. The van der Waals surface area contributed by atoms with Gasteiger partial charge < -0.3 is 0 Å². The van der Waals surface area contributed by atoms with Crippen molar-refractivity contribution in [2.75, 3.05) is 0 Å². The van der Waals surface area contributed by atoms with Crippen molar-refractivity contribution in [3.63, 3.8) is 0 Å². The molecule has 7 aromatic carbocycles. The summed E-state index contributed by atoms with van der Waals surface area (Å²) in [6.45, 7) is 0. The molecule has 7 aromatic rings. The van der Waals surface area contributed by atoms with Gasteiger partial charge in [0.25, 0.3) is 0 Å². The molecule has 0 saturated heterocycles. The highest BCUT2D eigenvalue weighted by molar-refractivity contribution is 6.10. The van der Waals surface area contributed by atoms with Gasteiger partial charge in [0.2, 0.25) is 0 Å². The van der Waals surface area contributed by atoms with Gasteiger partial charge in [0, 0.05) is 43.1 Å². The monoisotopic (exact) mass is 443 g/mol. The lowest BCUT2D eigenvalue weighted by Crippen LogP contribution is -2.08. The van der Waals surface area contributed by atoms with Gasteiger partial charge in [-0.1, -0.05) is 54.6 Å². The van der Waals surface area contributed by atoms with Crippen molar-refractivity contribution in [3.8, 4) is 0 Å². The lowest BCUT2D eigenvalue weighted by atomic mass is 9.77. The van der Waals surface area contributed by atoms with Crippen LogP contribution >= 0.6 is 0 Å². The zero-order valence-electron chi connectivity index (χ0n) is 19.3. The minimum absolute atomic E-state index is 1.23. The number of rotatable bonds is 3. The predicted molar refractivity (Wildman–Crippen MR) is 150 cm³/mol. The third kappa shape index (κ3) is 3.19. The molecule has 0 N–H and O–H groups in total. The molecule has 0 spiro atoms. The Morgan fingerprint density at radius 3 is 1.00 bits per heavy atom. The van der Waals surface area contributed by atoms with Crippen LogP contribution < -0.4 is 0 Å². The quantitative estimate of drug-likeness (QED) is 0.145. The molecule has 0 aliphatic carbocycles. The van der Waals surface area contributed by atoms with Gasteiger partial charge in [0.05, 0.1) is 22.6 Å². The summed E-state index contributed by atoms with van der Waals surface area (Å²) in [6.07, 6.45) is 0. The highest BCUT2D eigenvalue weighted by Gasteiger charge is 2.30. The van der Waals surface area contributed by atoms with E-state index in [1.807, 2.05) is 0 Å². The second-order valence-corrected chi connectivity index (χ2v) is 9.13. The van der Waals surface area contributed by atoms with Gasteiger partial charge in [-0.05, 0) is 84.9 Å². The smallest absolute Gasteiger partial charge is 0.0607 e. The summed E-state index contributed by atoms with van der Waals surface area (Å²) < 4.78 is 0. The van der Waals surface area contributed by atoms with E-state index in [1.54, 1.807) is 0 Å². The summed E-state index contributed by atoms with van der Waals surface area (Å²) in [4.78, 5) is 0. The van der Waals surface area contributed by atoms with Crippen LogP contribution in [0.15, 0.2) is 140 Å². The first-order chi connectivity index (χ1) is 17.4. The Morgan fingerprint density at radius 1 is 0.314 bits per heavy atom. The molecule has 0 bridgehead atoms. The van der Waals surface area contributed by atoms with Gasteiger partial charge >= 0.3 is 0 Å². The summed E-state index contributed by atoms with van der Waals surface area (Å²) in [5.41, 5.74) is 3.83. The van der Waals surface area contributed by atoms with Crippen LogP contribution in [-0.2, 0) is 0 Å². The second-order valence-electron chi connectivity index (χ2n) is 9.13. The van der Waals surface area contributed by atoms with Gasteiger partial charge in [-0.15, -0.1) is 0 Å². The lowest BCUT2D eigenvalue weighted by Gasteiger charge is -2.21. The maximum atomic E-state index is 2.32. The largest absolute Gasteiger partial charge is 0.0697 e. The summed E-state index contributed by atoms with van der Waals surface area (Å²) in [7, 11) is 0. The molecular formula is C35H23+. The standard InChI is InChI=1S/C35H23/c1-2-12-24(13-3-1)33(34-29-18-8-4-14-25(29)22-26-15-5-9-19-30(26)34)35-31-20-10-6-16-27(31)23-28-17-7-11-21-32(28)35/h1-23H/q+1. The zero-order chi connectivity index (χ0) is 23.2. The Hall–Kier alpha value is -4.55. The molecule has 162 valence electrons. The minimum Gasteiger partial charge on any atom is -0.0607 e. The SMILES string of the molecule is c1ccc([C+](c2c3ccccc3cc3ccccc23)c2c3ccccc3cc3ccccc23)cc1. The number of fused-ring (bicyclic) bond motifs is 4. The Labute approximate surface area is 205 Å². The van der Waals surface area contributed by atoms with Crippen molar-refractivity contribution >= 4 is 43.1 Å². The third-order valence-corrected chi connectivity index (χ3v) is 7.10. The second kappa shape index (κ2) is 8.04. The van der Waals surface area contributed by atoms with Crippen LogP contribution in [0.5, 0.6) is 0 Å². The maximum absolute atomic E-state index is 2.32. The fourth-order valence-electron chi connectivity index (χ4n) is 5.58. The first-order valence-corrected chi connectivity index (χ1v) is 12.1. The van der Waals surface area contributed by atoms with Crippen molar-refractivity contribution in [3.05, 3.63) is 162 Å². The van der Waals surface area contributed by atoms with Crippen LogP contribution in [0.2, 0.25) is 0 Å². The molecule has 0 aliphatic heterocycles. The van der Waals surface area contributed by atoms with Crippen molar-refractivity contribution in [2.24, 2.45) is 0 Å². The average molecular weight is 444 g/mol. The first kappa shape index (κ1) is 19.9. The Bertz CT molecular complexity index is 1620. The predicted octanol–water partition coefficient (Wildman–Crippen LogP) is 9.32. The molecule has 0 heterocycles. The summed E-state index contributed by atoms with van der Waals surface area (Å²) in [5.74, 6) is 1.28. The van der Waals surface area contributed by atoms with E-state index in [2.05, 4.69) is 140 Å². The number of benzene rings is 7. The van der Waals surface area contributed by atoms with E-state index in [0.29, 0.717) is 0 Å². The van der Waals surface area contributed by atoms with Crippen molar-refractivity contribution in [2.45, 2.75) is 0 Å². The molecule has 0 radical (unpaired) electrons. The van der Waals surface area contributed by atoms with E-state index in [-0.39, 0.29) is 0 Å². The Kier molecular flexibility index (Phi) is 4.57. The molecule has 0 aliphatic rings. The van der Waals surface area contributed by atoms with Gasteiger partial charge in [-0.3, -0.25) is 0 Å². The van der Waals surface area contributed by atoms with E-state index < -0.39 is 0 Å². The van der Waals surface area contributed by atoms with Crippen LogP contribution in [0.1, 0.15) is 16.7 Å². The van der Waals surface area contributed by atoms with E-state index in [9.17, 15) is 0 Å². The fraction of sp³-hybridized carbons (Fsp3) is 0. The molecule has 7 rings (SSSR count). The third-order valence-electron chi connectivity index (χ3n) is 7.10. The molecule has 0 amide bonds. The Morgan fingerprint density at radius 2 is 0.629 bits per heavy atom. The van der Waals surface area contributed by atoms with Crippen LogP contribution in [0, 0.1) is 5.92 Å². The Balaban J connectivity index is 1.72. The molecule has 0 fully saturated rings. The molecule has 0 nitrogen and oxygen atoms in total. The summed E-state index contributed by atoms with van der Waals surface area (Å²) in [6, 6.07) is 50.7. The zero-order valence-corrected chi connectivity index (χ0v) is 19.3. The van der Waals surface area contributed by atoms with Gasteiger partial charge in [-0.2, -0.15) is 0 Å². The van der Waals surface area contributed by atoms with E-state index >= 15 is 0 Å². The van der Waals surface area contributed by atoms with Crippen LogP contribution in [0.3, 0.4) is 0 Å². The summed E-state index contributed by atoms with van der Waals surface area (Å²) >= 11 is 0. The van der Waals surface area contributed by atoms with Crippen LogP contribution in [0.25, 0.3) is 43.1 Å². The maximum Gasteiger partial charge on any atom is 0.0697 e. The van der Waals surface area contributed by atoms with Crippen LogP contribution in [0.4, 0.5) is 0 Å². The molecular weight excluding hydrogens is 420 g/mol. The van der Waals surface area contributed by atoms with E-state index in [4.69, 9.17) is 0 Å². The molecule has 0 unspecified atom stereocenters. The van der Waals surface area contributed by atoms with E-state index in [1.165, 1.54) is 65.7 Å². The molecule has 0 atom stereocenters.